The van der Waals surface area contributed by atoms with E-state index in [0.717, 1.165) is 99.6 Å². The lowest BCUT2D eigenvalue weighted by atomic mass is 9.84. The van der Waals surface area contributed by atoms with E-state index in [-0.39, 0.29) is 121 Å². The molecule has 1 aliphatic heterocycles. The molecule has 0 unspecified atom stereocenters. The van der Waals surface area contributed by atoms with Crippen molar-refractivity contribution < 1.29 is 80.2 Å². The van der Waals surface area contributed by atoms with Crippen LogP contribution in [0.15, 0.2) is 161 Å². The summed E-state index contributed by atoms with van der Waals surface area (Å²) < 4.78 is 152. The predicted molar refractivity (Wildman–Crippen MR) is 429 cm³/mol. The van der Waals surface area contributed by atoms with Gasteiger partial charge in [0, 0.05) is 71.5 Å². The largest absolute Gasteiger partial charge is 0.466 e. The molecule has 1 saturated carbocycles. The average Bonchev–Trinajstić information content (AvgIpc) is 0.814. The number of piperidine rings is 1. The van der Waals surface area contributed by atoms with Crippen LogP contribution >= 0.6 is 42.5 Å². The topological polar surface area (TPSA) is 336 Å². The van der Waals surface area contributed by atoms with Gasteiger partial charge in [0.15, 0.2) is 0 Å². The highest BCUT2D eigenvalue weighted by atomic mass is 79.9. The van der Waals surface area contributed by atoms with Crippen LogP contribution in [0.1, 0.15) is 208 Å². The predicted octanol–water partition coefficient (Wildman–Crippen LogP) is 15.4. The van der Waals surface area contributed by atoms with Gasteiger partial charge >= 0.3 is 23.9 Å². The summed E-state index contributed by atoms with van der Waals surface area (Å²) >= 11 is 6.26. The normalized spacial score (nSPS) is 13.9. The van der Waals surface area contributed by atoms with E-state index >= 15 is 0 Å². The van der Waals surface area contributed by atoms with Crippen molar-refractivity contribution in [3.05, 3.63) is 153 Å². The van der Waals surface area contributed by atoms with Crippen molar-refractivity contribution in [2.24, 2.45) is 0 Å². The lowest BCUT2D eigenvalue weighted by Crippen LogP contribution is -2.30. The summed E-state index contributed by atoms with van der Waals surface area (Å²) in [6, 6.07) is 34.5. The fourth-order valence-electron chi connectivity index (χ4n) is 11.0. The van der Waals surface area contributed by atoms with E-state index in [1.807, 2.05) is 36.4 Å². The molecule has 0 bridgehead atoms. The molecule has 5 N–H and O–H groups in total. The molecule has 598 valence electrons. The number of esters is 4. The van der Waals surface area contributed by atoms with Crippen LogP contribution in [-0.2, 0) is 87.3 Å². The number of allylic oxidation sites excluding steroid dienone is 2. The molecule has 23 nitrogen and oxygen atoms in total. The first-order chi connectivity index (χ1) is 48.6. The Morgan fingerprint density at radius 2 is 0.736 bits per heavy atom. The zero-order chi connectivity index (χ0) is 75.0. The van der Waals surface area contributed by atoms with Crippen molar-refractivity contribution >= 4 is 121 Å². The third-order valence-corrected chi connectivity index (χ3v) is 25.3. The van der Waals surface area contributed by atoms with Crippen LogP contribution in [0.3, 0.4) is 0 Å². The standard InChI is InChI=1S/C18H27NO4S.C18H25NO4S.C17H26N2O4S.C12H16BrNO4S.C6H4BrClO2S.4CH4/c2*1-2-23-18(20)13-8-14-19-24(21,22)17-12-7-6-11-16(17)15-9-4-3-5-10-15;1-2-23-17(20)8-5-11-19-24(21,22)16-7-4-3-6-15(16)14-9-12-18-13-10-14;1-2-18-12(15)8-5-9-14-19(16,17)11-7-4-3-6-10(11)13;7-5-3-1-2-4-6(5)11(8,9)10;;;;/h6-7,11-12,15,19H,2-5,8-10,13-14H2,1H3;6-7,9,11-12,19H,2-5,8,10,13-14H2,1H3;3-4,6-7,14,18-19H,2,5,8-13H2,1H3;3-4,6-7,14H,2,5,8-9H2,1H3;1-4H;4*1H4. The van der Waals surface area contributed by atoms with E-state index in [0.29, 0.717) is 81.7 Å². The van der Waals surface area contributed by atoms with Crippen LogP contribution in [0, 0.1) is 0 Å². The van der Waals surface area contributed by atoms with Crippen LogP contribution in [0.4, 0.5) is 0 Å². The SMILES string of the molecule is C.C.C.C.CCOC(=O)CCCNS(=O)(=O)c1ccccc1Br.CCOC(=O)CCCNS(=O)(=O)c1ccccc1C1=CCCCC1.CCOC(=O)CCCNS(=O)(=O)c1ccccc1C1CCCCC1.CCOC(=O)CCCNS(=O)(=O)c1ccccc1C1CCNCC1.O=S(=O)(Cl)c1ccccc1Br. The fraction of sp³-hybridized carbons (Fsp3) is 0.520. The van der Waals surface area contributed by atoms with Gasteiger partial charge in [-0.1, -0.05) is 134 Å². The van der Waals surface area contributed by atoms with E-state index < -0.39 is 49.1 Å². The van der Waals surface area contributed by atoms with Crippen LogP contribution in [0.25, 0.3) is 5.57 Å². The first kappa shape index (κ1) is 101. The molecule has 8 rings (SSSR count). The third kappa shape index (κ3) is 36.8. The molecule has 5 aromatic carbocycles. The monoisotopic (exact) mass is 1730 g/mol. The van der Waals surface area contributed by atoms with Gasteiger partial charge in [-0.15, -0.1) is 0 Å². The molecule has 31 heteroatoms. The Bertz CT molecular complexity index is 3950. The quantitative estimate of drug-likeness (QED) is 0.0116. The highest BCUT2D eigenvalue weighted by molar-refractivity contribution is 9.10. The Labute approximate surface area is 654 Å². The van der Waals surface area contributed by atoms with E-state index in [4.69, 9.17) is 29.6 Å². The van der Waals surface area contributed by atoms with Gasteiger partial charge in [0.05, 0.1) is 50.9 Å². The summed E-state index contributed by atoms with van der Waals surface area (Å²) in [5.41, 5.74) is 3.70. The third-order valence-electron chi connectivity index (χ3n) is 15.9. The first-order valence-corrected chi connectivity index (χ1v) is 44.2. The lowest BCUT2D eigenvalue weighted by molar-refractivity contribution is -0.144. The van der Waals surface area contributed by atoms with Crippen LogP contribution in [0.5, 0.6) is 0 Å². The average molecular weight is 1730 g/mol. The maximum Gasteiger partial charge on any atom is 0.305 e. The van der Waals surface area contributed by atoms with Crippen molar-refractivity contribution in [1.29, 1.82) is 0 Å². The van der Waals surface area contributed by atoms with Crippen molar-refractivity contribution in [1.82, 2.24) is 24.2 Å². The van der Waals surface area contributed by atoms with Crippen LogP contribution in [-0.4, -0.2) is 132 Å². The van der Waals surface area contributed by atoms with E-state index in [1.165, 1.54) is 18.6 Å². The van der Waals surface area contributed by atoms with Gasteiger partial charge in [-0.25, -0.2) is 61.0 Å². The lowest BCUT2D eigenvalue weighted by Gasteiger charge is -2.25. The van der Waals surface area contributed by atoms with Gasteiger partial charge in [0.25, 0.3) is 9.05 Å². The van der Waals surface area contributed by atoms with Gasteiger partial charge < -0.3 is 24.3 Å². The summed E-state index contributed by atoms with van der Waals surface area (Å²) in [7, 11) is -12.8. The number of hydrogen-bond donors (Lipinski definition) is 5. The summed E-state index contributed by atoms with van der Waals surface area (Å²) in [4.78, 5) is 46.3. The van der Waals surface area contributed by atoms with Gasteiger partial charge in [0.1, 0.15) is 0 Å². The molecule has 0 atom stereocenters. The summed E-state index contributed by atoms with van der Waals surface area (Å²) in [5.74, 6) is -0.622. The molecule has 0 spiro atoms. The Balaban J connectivity index is 0.00000131. The minimum absolute atomic E-state index is 0. The molecule has 2 aliphatic carbocycles. The van der Waals surface area contributed by atoms with Crippen molar-refractivity contribution in [3.8, 4) is 0 Å². The number of rotatable bonds is 32. The summed E-state index contributed by atoms with van der Waals surface area (Å²) in [5, 5.41) is 3.30. The number of ether oxygens (including phenoxy) is 4. The molecule has 5 aromatic rings. The summed E-state index contributed by atoms with van der Waals surface area (Å²) in [6.45, 7) is 11.0. The van der Waals surface area contributed by atoms with E-state index in [1.54, 1.807) is 100 Å². The van der Waals surface area contributed by atoms with Crippen molar-refractivity contribution in [2.75, 3.05) is 65.7 Å². The smallest absolute Gasteiger partial charge is 0.305 e. The highest BCUT2D eigenvalue weighted by Gasteiger charge is 2.27. The Hall–Kier alpha value is -5.48. The van der Waals surface area contributed by atoms with E-state index in [9.17, 15) is 61.3 Å². The summed E-state index contributed by atoms with van der Waals surface area (Å²) in [6.07, 6.45) is 16.4. The second kappa shape index (κ2) is 53.4. The maximum absolute atomic E-state index is 12.6. The van der Waals surface area contributed by atoms with Gasteiger partial charge in [-0.05, 0) is 226 Å². The Morgan fingerprint density at radius 3 is 1.08 bits per heavy atom. The molecular weight excluding hydrogens is 1610 g/mol. The number of halogens is 3. The number of nitrogens with one attached hydrogen (secondary N) is 5. The molecule has 0 amide bonds. The molecule has 3 aliphatic rings. The van der Waals surface area contributed by atoms with Gasteiger partial charge in [-0.2, -0.15) is 0 Å². The second-order valence-corrected chi connectivity index (χ2v) is 34.6. The Kier molecular flexibility index (Phi) is 50.6. The Morgan fingerprint density at radius 1 is 0.415 bits per heavy atom. The number of sulfonamides is 4. The van der Waals surface area contributed by atoms with Crippen molar-refractivity contribution in [3.63, 3.8) is 0 Å². The minimum Gasteiger partial charge on any atom is -0.466 e. The maximum atomic E-state index is 12.6. The molecule has 0 radical (unpaired) electrons. The number of carbonyl (C=O) groups excluding carboxylic acids is 4. The minimum atomic E-state index is -3.61. The zero-order valence-electron chi connectivity index (χ0n) is 58.3. The molecular formula is C75H114Br2ClN5O18S5. The molecule has 1 heterocycles. The number of benzene rings is 5. The molecule has 1 saturated heterocycles. The zero-order valence-corrected chi connectivity index (χ0v) is 66.3. The van der Waals surface area contributed by atoms with Crippen molar-refractivity contribution in [2.45, 2.75) is 216 Å². The highest BCUT2D eigenvalue weighted by Crippen LogP contribution is 2.37. The number of hydrogen-bond acceptors (Lipinski definition) is 19. The van der Waals surface area contributed by atoms with Crippen LogP contribution < -0.4 is 24.2 Å². The van der Waals surface area contributed by atoms with Crippen LogP contribution in [0.2, 0.25) is 0 Å². The second-order valence-electron chi connectivity index (χ2n) is 23.4. The van der Waals surface area contributed by atoms with E-state index in [2.05, 4.69) is 62.1 Å². The fourth-order valence-corrected chi connectivity index (χ4v) is 19.3. The van der Waals surface area contributed by atoms with Gasteiger partial charge in [-0.3, -0.25) is 19.2 Å². The first-order valence-electron chi connectivity index (χ1n) is 34.3. The molecule has 2 fully saturated rings. The number of carbonyl (C=O) groups is 4. The van der Waals surface area contributed by atoms with Gasteiger partial charge in [0.2, 0.25) is 40.1 Å². The molecule has 0 aromatic heterocycles. The molecule has 106 heavy (non-hydrogen) atoms.